The summed E-state index contributed by atoms with van der Waals surface area (Å²) < 4.78 is 44.7. The molecule has 32 heteroatoms. The second kappa shape index (κ2) is 43.6. The lowest BCUT2D eigenvalue weighted by Crippen LogP contribution is -2.54. The third-order valence-electron chi connectivity index (χ3n) is 24.3. The molecule has 0 radical (unpaired) electrons. The first-order valence-electron chi connectivity index (χ1n) is 45.2. The van der Waals surface area contributed by atoms with E-state index in [4.69, 9.17) is 43.0 Å². The lowest BCUT2D eigenvalue weighted by atomic mass is 9.78. The van der Waals surface area contributed by atoms with Crippen molar-refractivity contribution in [2.75, 3.05) is 90.5 Å². The summed E-state index contributed by atoms with van der Waals surface area (Å²) in [4.78, 5) is 91.0. The Kier molecular flexibility index (Phi) is 32.3. The maximum atomic E-state index is 13.6. The van der Waals surface area contributed by atoms with Crippen LogP contribution < -0.4 is 52.2 Å². The fourth-order valence-electron chi connectivity index (χ4n) is 16.6. The van der Waals surface area contributed by atoms with Crippen molar-refractivity contribution in [2.24, 2.45) is 0 Å². The number of methoxy groups -OCH3 is 2. The van der Waals surface area contributed by atoms with Crippen LogP contribution >= 0.6 is 15.9 Å². The fourth-order valence-corrected chi connectivity index (χ4v) is 17.2. The van der Waals surface area contributed by atoms with E-state index in [1.54, 1.807) is 50.6 Å². The molecule has 10 aromatic rings. The Morgan fingerprint density at radius 1 is 0.543 bits per heavy atom. The van der Waals surface area contributed by atoms with Gasteiger partial charge in [-0.25, -0.2) is 34.1 Å². The fraction of sp³-hybridized carbons (Fsp3) is 0.474. The molecule has 0 unspecified atom stereocenters. The number of anilines is 2. The second-order valence-electron chi connectivity index (χ2n) is 35.4. The number of hydrogen-bond acceptors (Lipinski definition) is 23. The highest BCUT2D eigenvalue weighted by Gasteiger charge is 2.52. The van der Waals surface area contributed by atoms with E-state index >= 15 is 0 Å². The van der Waals surface area contributed by atoms with Gasteiger partial charge in [0.2, 0.25) is 0 Å². The van der Waals surface area contributed by atoms with E-state index in [1.165, 1.54) is 11.1 Å². The van der Waals surface area contributed by atoms with Gasteiger partial charge in [-0.2, -0.15) is 10.2 Å². The van der Waals surface area contributed by atoms with Crippen LogP contribution in [0.15, 0.2) is 138 Å². The first kappa shape index (κ1) is 95.6. The van der Waals surface area contributed by atoms with E-state index in [1.807, 2.05) is 91.6 Å². The van der Waals surface area contributed by atoms with Crippen molar-refractivity contribution >= 4 is 91.7 Å². The molecule has 11 heterocycles. The first-order valence-corrected chi connectivity index (χ1v) is 46.0. The van der Waals surface area contributed by atoms with E-state index in [2.05, 4.69) is 193 Å². The van der Waals surface area contributed by atoms with Gasteiger partial charge in [-0.3, -0.25) is 29.0 Å². The summed E-state index contributed by atoms with van der Waals surface area (Å²) in [7, 11) is 2.92. The Bertz CT molecular complexity index is 5560. The monoisotopic (exact) mass is 1820 g/mol. The normalized spacial score (nSPS) is 17.3. The van der Waals surface area contributed by atoms with Gasteiger partial charge in [-0.15, -0.1) is 0 Å². The summed E-state index contributed by atoms with van der Waals surface area (Å²) in [5.74, 6) is -0.0328. The quantitative estimate of drug-likeness (QED) is 0.0224. The van der Waals surface area contributed by atoms with E-state index in [-0.39, 0.29) is 109 Å². The highest BCUT2D eigenvalue weighted by molar-refractivity contribution is 9.10. The predicted octanol–water partition coefficient (Wildman–Crippen LogP) is 13.4. The summed E-state index contributed by atoms with van der Waals surface area (Å²) in [6.07, 6.45) is 8.42. The van der Waals surface area contributed by atoms with Crippen molar-refractivity contribution in [3.8, 4) is 22.6 Å². The minimum atomic E-state index is -0.470. The van der Waals surface area contributed by atoms with Gasteiger partial charge in [-0.1, -0.05) is 80.6 Å². The highest BCUT2D eigenvalue weighted by Crippen LogP contribution is 2.39. The van der Waals surface area contributed by atoms with Crippen LogP contribution in [0.3, 0.4) is 0 Å². The molecule has 5 aliphatic heterocycles. The third kappa shape index (κ3) is 24.4. The SMILES string of the molecule is CCc1nc2c(cnn2CC)c(NC2CCOCC2)c1CNC(=O)c1cccc(C(=O)NCc2ccc(OC)c(-c3cccc(CN4CCN[C@@H](C)C4)c3)c2)n1.CCc1nc2c(cnn2CC)c(NC2CCOCC2)c1CNC(=O)c1cccc(C(=O)NCc2ccc(OC)c(Br)c2)n1.C[C@H]1CN(Cc2cccc(B3OC(C)(C)C(C)(C)O3)c2)CCN1C(=O)OC(C)(C)C. The van der Waals surface area contributed by atoms with Crippen molar-refractivity contribution in [2.45, 2.75) is 222 Å². The third-order valence-corrected chi connectivity index (χ3v) is 25.0. The molecule has 0 bridgehead atoms. The average molecular weight is 1830 g/mol. The molecule has 15 rings (SSSR count). The Morgan fingerprint density at radius 2 is 1.01 bits per heavy atom. The minimum absolute atomic E-state index is 0.111. The van der Waals surface area contributed by atoms with Crippen molar-refractivity contribution in [3.05, 3.63) is 206 Å². The molecule has 129 heavy (non-hydrogen) atoms. The van der Waals surface area contributed by atoms with Crippen LogP contribution in [0, 0.1) is 0 Å². The van der Waals surface area contributed by atoms with E-state index < -0.39 is 5.60 Å². The maximum absolute atomic E-state index is 13.6. The molecule has 6 aromatic heterocycles. The Hall–Kier alpha value is -11.0. The number of fused-ring (bicyclic) bond motifs is 2. The van der Waals surface area contributed by atoms with Gasteiger partial charge < -0.3 is 75.1 Å². The molecule has 5 aliphatic rings. The Morgan fingerprint density at radius 3 is 1.47 bits per heavy atom. The zero-order chi connectivity index (χ0) is 91.7. The number of halogens is 1. The summed E-state index contributed by atoms with van der Waals surface area (Å²) in [5.41, 5.74) is 14.0. The molecule has 4 aromatic carbocycles. The molecule has 7 N–H and O–H groups in total. The summed E-state index contributed by atoms with van der Waals surface area (Å²) in [6, 6.07) is 39.3. The molecular weight excluding hydrogens is 1700 g/mol. The number of carbonyl (C=O) groups excluding carboxylic acids is 5. The molecule has 30 nitrogen and oxygen atoms in total. The summed E-state index contributed by atoms with van der Waals surface area (Å²) in [5, 5.41) is 33.9. The highest BCUT2D eigenvalue weighted by atomic mass is 79.9. The Labute approximate surface area is 765 Å². The standard InChI is InChI=1S/C43H53N9O4.C31H36BrN7O4.C23H37BN2O4/c1-5-36-34(40(48-32-15-19-56-20-16-32)35-25-47-52(6-2)41(35)50-36)24-46-43(54)38-12-8-11-37(49-38)42(53)45-23-29-13-14-39(55-4)33(22-29)31-10-7-9-30(21-31)27-51-18-17-44-28(3)26-51;1-4-24-21(28(36-20-11-13-43-14-12-20)22-18-35-39(5-2)29(22)38-24)17-34-31(41)26-8-6-7-25(37-26)30(40)33-16-19-9-10-27(42-3)23(32)15-19;1-17-15-25(12-13-26(17)20(27)28-21(2,3)4)16-18-10-9-11-19(14-18)24-29-22(5,6)23(7,8)30-24/h7-14,21-22,25,28,32,44H,5-6,15-20,23-24,26-27H2,1-4H3,(H,45,53)(H,46,54)(H,48,50);6-10,15,18,20H,4-5,11-14,16-17H2,1-3H3,(H,33,40)(H,34,41)(H,36,38);9-11,14,17H,12-13,15-16H2,1-8H3/t28-;;17-/m0.0/s1. The van der Waals surface area contributed by atoms with Crippen molar-refractivity contribution in [1.29, 1.82) is 0 Å². The van der Waals surface area contributed by atoms with Gasteiger partial charge >= 0.3 is 13.2 Å². The van der Waals surface area contributed by atoms with Gasteiger partial charge in [0.25, 0.3) is 23.6 Å². The number of hydrogen-bond donors (Lipinski definition) is 7. The molecule has 2 atom stereocenters. The minimum Gasteiger partial charge on any atom is -0.496 e. The zero-order valence-electron chi connectivity index (χ0n) is 77.3. The lowest BCUT2D eigenvalue weighted by molar-refractivity contribution is 0.000505. The maximum Gasteiger partial charge on any atom is 0.494 e. The van der Waals surface area contributed by atoms with Crippen LogP contribution in [0.25, 0.3) is 33.2 Å². The molecule has 686 valence electrons. The number of pyridine rings is 4. The van der Waals surface area contributed by atoms with Gasteiger partial charge in [0.15, 0.2) is 11.3 Å². The number of nitrogens with zero attached hydrogens (tertiary/aromatic N) is 11. The summed E-state index contributed by atoms with van der Waals surface area (Å²) >= 11 is 3.46. The first-order chi connectivity index (χ1) is 62.0. The number of nitrogens with one attached hydrogen (secondary N) is 7. The van der Waals surface area contributed by atoms with Crippen LogP contribution in [-0.4, -0.2) is 212 Å². The van der Waals surface area contributed by atoms with Gasteiger partial charge in [0.05, 0.1) is 64.4 Å². The number of carbonyl (C=O) groups is 5. The van der Waals surface area contributed by atoms with Crippen LogP contribution in [0.2, 0.25) is 0 Å². The van der Waals surface area contributed by atoms with Crippen LogP contribution in [0.1, 0.15) is 202 Å². The van der Waals surface area contributed by atoms with Gasteiger partial charge in [0, 0.05) is 170 Å². The largest absolute Gasteiger partial charge is 0.496 e. The number of amides is 5. The predicted molar refractivity (Wildman–Crippen MR) is 505 cm³/mol. The number of ether oxygens (including phenoxy) is 5. The molecule has 5 saturated heterocycles. The van der Waals surface area contributed by atoms with Gasteiger partial charge in [-0.05, 0) is 218 Å². The molecule has 0 aliphatic carbocycles. The van der Waals surface area contributed by atoms with Crippen LogP contribution in [0.4, 0.5) is 16.2 Å². The number of aryl methyl sites for hydroxylation is 4. The Balaban J connectivity index is 0.000000173. The average Bonchev–Trinajstić information content (AvgIpc) is 1.56. The van der Waals surface area contributed by atoms with E-state index in [0.29, 0.717) is 77.2 Å². The van der Waals surface area contributed by atoms with Crippen LogP contribution in [-0.2, 0) is 88.7 Å². The van der Waals surface area contributed by atoms with Crippen molar-refractivity contribution in [1.82, 2.24) is 80.8 Å². The van der Waals surface area contributed by atoms with Crippen molar-refractivity contribution < 1.29 is 57.0 Å². The second-order valence-corrected chi connectivity index (χ2v) is 36.3. The zero-order valence-corrected chi connectivity index (χ0v) is 78.8. The lowest BCUT2D eigenvalue weighted by Gasteiger charge is -2.40. The van der Waals surface area contributed by atoms with Crippen LogP contribution in [0.5, 0.6) is 11.5 Å². The molecule has 0 saturated carbocycles. The molecule has 5 fully saturated rings. The number of rotatable bonds is 28. The molecular formula is C97H126BBrN18O12. The summed E-state index contributed by atoms with van der Waals surface area (Å²) in [6.45, 7) is 38.9. The topological polar surface area (TPSA) is 331 Å². The van der Waals surface area contributed by atoms with Crippen molar-refractivity contribution in [3.63, 3.8) is 0 Å². The number of aromatic nitrogens is 8. The van der Waals surface area contributed by atoms with E-state index in [0.717, 1.165) is 165 Å². The van der Waals surface area contributed by atoms with Gasteiger partial charge in [0.1, 0.15) is 39.9 Å². The molecule has 0 spiro atoms. The van der Waals surface area contributed by atoms with E-state index in [9.17, 15) is 24.0 Å². The molecule has 5 amide bonds. The number of benzene rings is 4. The number of piperazine rings is 2. The smallest absolute Gasteiger partial charge is 0.494 e.